The highest BCUT2D eigenvalue weighted by atomic mass is 32.2. The Kier molecular flexibility index (Phi) is 4.81. The minimum atomic E-state index is -3.70. The highest BCUT2D eigenvalue weighted by Crippen LogP contribution is 2.30. The molecule has 0 saturated heterocycles. The Morgan fingerprint density at radius 2 is 1.75 bits per heavy atom. The standard InChI is InChI=1S/C18H27N3O2S/c1-12(2)21-11-16(17(19-21)18(5,6)7)24(22,23)20-15-9-8-13(3)14(4)10-15/h8-12,20H,1-7H3. The SMILES string of the molecule is Cc1ccc(NS(=O)(=O)c2cn(C(C)C)nc2C(C)(C)C)cc1C. The molecular formula is C18H27N3O2S. The zero-order chi connectivity index (χ0) is 18.3. The molecule has 1 aromatic carbocycles. The molecule has 6 heteroatoms. The van der Waals surface area contributed by atoms with Crippen molar-refractivity contribution in [1.82, 2.24) is 9.78 Å². The molecule has 2 rings (SSSR count). The average molecular weight is 350 g/mol. The van der Waals surface area contributed by atoms with Crippen LogP contribution in [0.4, 0.5) is 5.69 Å². The molecule has 0 atom stereocenters. The van der Waals surface area contributed by atoms with Crippen molar-refractivity contribution in [3.05, 3.63) is 41.2 Å². The molecule has 0 radical (unpaired) electrons. The third-order valence-corrected chi connectivity index (χ3v) is 5.37. The first-order valence-electron chi connectivity index (χ1n) is 8.11. The molecule has 2 aromatic rings. The zero-order valence-corrected chi connectivity index (χ0v) is 16.3. The summed E-state index contributed by atoms with van der Waals surface area (Å²) in [5, 5.41) is 4.52. The van der Waals surface area contributed by atoms with Crippen LogP contribution in [0.1, 0.15) is 57.5 Å². The first kappa shape index (κ1) is 18.5. The molecule has 24 heavy (non-hydrogen) atoms. The average Bonchev–Trinajstić information content (AvgIpc) is 2.89. The van der Waals surface area contributed by atoms with Crippen LogP contribution < -0.4 is 4.72 Å². The molecule has 0 aliphatic heterocycles. The lowest BCUT2D eigenvalue weighted by Gasteiger charge is -2.18. The molecule has 1 N–H and O–H groups in total. The molecule has 5 nitrogen and oxygen atoms in total. The Balaban J connectivity index is 2.50. The summed E-state index contributed by atoms with van der Waals surface area (Å²) in [5.74, 6) is 0. The van der Waals surface area contributed by atoms with Gasteiger partial charge in [0.1, 0.15) is 4.90 Å². The van der Waals surface area contributed by atoms with Crippen molar-refractivity contribution < 1.29 is 8.42 Å². The number of nitrogens with zero attached hydrogens (tertiary/aromatic N) is 2. The summed E-state index contributed by atoms with van der Waals surface area (Å²) >= 11 is 0. The van der Waals surface area contributed by atoms with Crippen LogP contribution >= 0.6 is 0 Å². The number of aromatic nitrogens is 2. The van der Waals surface area contributed by atoms with Crippen molar-refractivity contribution in [3.63, 3.8) is 0 Å². The van der Waals surface area contributed by atoms with Crippen LogP contribution in [-0.2, 0) is 15.4 Å². The molecule has 1 heterocycles. The first-order chi connectivity index (χ1) is 10.9. The zero-order valence-electron chi connectivity index (χ0n) is 15.5. The maximum absolute atomic E-state index is 12.9. The molecule has 0 aliphatic rings. The Bertz CT molecular complexity index is 844. The largest absolute Gasteiger partial charge is 0.280 e. The second kappa shape index (κ2) is 6.24. The van der Waals surface area contributed by atoms with E-state index in [9.17, 15) is 8.42 Å². The molecule has 0 bridgehead atoms. The fraction of sp³-hybridized carbons (Fsp3) is 0.500. The van der Waals surface area contributed by atoms with Crippen LogP contribution in [0.3, 0.4) is 0 Å². The smallest absolute Gasteiger partial charge is 0.265 e. The molecule has 1 aromatic heterocycles. The number of hydrogen-bond acceptors (Lipinski definition) is 3. The maximum Gasteiger partial charge on any atom is 0.265 e. The topological polar surface area (TPSA) is 64.0 Å². The number of nitrogens with one attached hydrogen (secondary N) is 1. The Labute approximate surface area is 145 Å². The van der Waals surface area contributed by atoms with Crippen LogP contribution in [-0.4, -0.2) is 18.2 Å². The van der Waals surface area contributed by atoms with E-state index in [1.165, 1.54) is 0 Å². The summed E-state index contributed by atoms with van der Waals surface area (Å²) in [5.41, 5.74) is 2.95. The van der Waals surface area contributed by atoms with Gasteiger partial charge in [-0.05, 0) is 51.0 Å². The van der Waals surface area contributed by atoms with Gasteiger partial charge >= 0.3 is 0 Å². The lowest BCUT2D eigenvalue weighted by molar-refractivity contribution is 0.493. The number of sulfonamides is 1. The van der Waals surface area contributed by atoms with Gasteiger partial charge in [0.15, 0.2) is 0 Å². The van der Waals surface area contributed by atoms with E-state index in [1.54, 1.807) is 16.9 Å². The van der Waals surface area contributed by atoms with Crippen LogP contribution in [0, 0.1) is 13.8 Å². The Morgan fingerprint density at radius 3 is 2.25 bits per heavy atom. The molecule has 0 saturated carbocycles. The minimum absolute atomic E-state index is 0.0941. The second-order valence-electron chi connectivity index (χ2n) is 7.57. The summed E-state index contributed by atoms with van der Waals surface area (Å²) in [6.45, 7) is 13.8. The van der Waals surface area contributed by atoms with E-state index < -0.39 is 10.0 Å². The van der Waals surface area contributed by atoms with Gasteiger partial charge in [-0.3, -0.25) is 9.40 Å². The van der Waals surface area contributed by atoms with E-state index >= 15 is 0 Å². The van der Waals surface area contributed by atoms with Crippen molar-refractivity contribution in [3.8, 4) is 0 Å². The van der Waals surface area contributed by atoms with E-state index in [-0.39, 0.29) is 16.4 Å². The monoisotopic (exact) mass is 349 g/mol. The van der Waals surface area contributed by atoms with Gasteiger partial charge in [0.25, 0.3) is 10.0 Å². The molecule has 0 fully saturated rings. The van der Waals surface area contributed by atoms with Gasteiger partial charge in [0.2, 0.25) is 0 Å². The minimum Gasteiger partial charge on any atom is -0.280 e. The third-order valence-electron chi connectivity index (χ3n) is 3.99. The summed E-state index contributed by atoms with van der Waals surface area (Å²) < 4.78 is 30.3. The van der Waals surface area contributed by atoms with Gasteiger partial charge in [-0.15, -0.1) is 0 Å². The number of aryl methyl sites for hydroxylation is 2. The number of hydrogen-bond donors (Lipinski definition) is 1. The van der Waals surface area contributed by atoms with Crippen molar-refractivity contribution in [2.24, 2.45) is 0 Å². The van der Waals surface area contributed by atoms with Crippen LogP contribution in [0.15, 0.2) is 29.3 Å². The Morgan fingerprint density at radius 1 is 1.12 bits per heavy atom. The van der Waals surface area contributed by atoms with E-state index in [1.807, 2.05) is 60.6 Å². The van der Waals surface area contributed by atoms with E-state index in [2.05, 4.69) is 9.82 Å². The normalized spacial score (nSPS) is 12.7. The summed E-state index contributed by atoms with van der Waals surface area (Å²) in [7, 11) is -3.70. The number of benzene rings is 1. The summed E-state index contributed by atoms with van der Waals surface area (Å²) in [6, 6.07) is 5.63. The molecule has 0 spiro atoms. The highest BCUT2D eigenvalue weighted by Gasteiger charge is 2.30. The van der Waals surface area contributed by atoms with Crippen molar-refractivity contribution >= 4 is 15.7 Å². The lowest BCUT2D eigenvalue weighted by atomic mass is 9.92. The quantitative estimate of drug-likeness (QED) is 0.900. The number of anilines is 1. The van der Waals surface area contributed by atoms with Gasteiger partial charge in [-0.1, -0.05) is 26.8 Å². The number of rotatable bonds is 4. The van der Waals surface area contributed by atoms with E-state index in [4.69, 9.17) is 0 Å². The van der Waals surface area contributed by atoms with Gasteiger partial charge in [0.05, 0.1) is 5.69 Å². The van der Waals surface area contributed by atoms with Gasteiger partial charge in [-0.25, -0.2) is 8.42 Å². The van der Waals surface area contributed by atoms with Gasteiger partial charge in [-0.2, -0.15) is 5.10 Å². The van der Waals surface area contributed by atoms with Gasteiger partial charge in [0, 0.05) is 23.3 Å². The van der Waals surface area contributed by atoms with Crippen LogP contribution in [0.25, 0.3) is 0 Å². The molecule has 0 unspecified atom stereocenters. The highest BCUT2D eigenvalue weighted by molar-refractivity contribution is 7.92. The summed E-state index contributed by atoms with van der Waals surface area (Å²) in [4.78, 5) is 0.238. The molecular weight excluding hydrogens is 322 g/mol. The Hall–Kier alpha value is -1.82. The van der Waals surface area contributed by atoms with Crippen molar-refractivity contribution in [2.75, 3.05) is 4.72 Å². The third kappa shape index (κ3) is 3.80. The van der Waals surface area contributed by atoms with Crippen LogP contribution in [0.5, 0.6) is 0 Å². The fourth-order valence-corrected chi connectivity index (χ4v) is 3.77. The first-order valence-corrected chi connectivity index (χ1v) is 9.60. The predicted molar refractivity (Wildman–Crippen MR) is 98.0 cm³/mol. The predicted octanol–water partition coefficient (Wildman–Crippen LogP) is 4.18. The summed E-state index contributed by atoms with van der Waals surface area (Å²) in [6.07, 6.45) is 1.62. The lowest BCUT2D eigenvalue weighted by Crippen LogP contribution is -2.20. The second-order valence-corrected chi connectivity index (χ2v) is 9.22. The fourth-order valence-electron chi connectivity index (χ4n) is 2.37. The maximum atomic E-state index is 12.9. The van der Waals surface area contributed by atoms with Crippen molar-refractivity contribution in [2.45, 2.75) is 64.8 Å². The van der Waals surface area contributed by atoms with Gasteiger partial charge < -0.3 is 0 Å². The van der Waals surface area contributed by atoms with Crippen molar-refractivity contribution in [1.29, 1.82) is 0 Å². The van der Waals surface area contributed by atoms with Crippen LogP contribution in [0.2, 0.25) is 0 Å². The van der Waals surface area contributed by atoms with E-state index in [0.29, 0.717) is 11.4 Å². The molecule has 0 aliphatic carbocycles. The van der Waals surface area contributed by atoms with E-state index in [0.717, 1.165) is 11.1 Å². The molecule has 132 valence electrons. The molecule has 0 amide bonds.